The van der Waals surface area contributed by atoms with Crippen molar-refractivity contribution in [1.82, 2.24) is 15.1 Å². The molecule has 3 aromatic rings. The van der Waals surface area contributed by atoms with Crippen LogP contribution in [-0.4, -0.2) is 43.6 Å². The van der Waals surface area contributed by atoms with E-state index in [1.807, 2.05) is 43.3 Å². The molecule has 1 N–H and O–H groups in total. The van der Waals surface area contributed by atoms with Crippen molar-refractivity contribution >= 4 is 5.91 Å². The Morgan fingerprint density at radius 3 is 2.35 bits per heavy atom. The molecule has 0 atom stereocenters. The number of amides is 1. The highest BCUT2D eigenvalue weighted by atomic mass is 16.5. The standard InChI is InChI=1S/C23H25N3O5/c1-15-7-5-6-8-17(15)26-21(27)14-20(31-4)22(25-26)23(28)24-12-11-16-9-10-18(29-2)19(13-16)30-3/h5-10,13-14H,11-12H2,1-4H3,(H,24,28). The maximum atomic E-state index is 12.8. The fourth-order valence-electron chi connectivity index (χ4n) is 3.17. The number of methoxy groups -OCH3 is 3. The molecule has 3 rings (SSSR count). The zero-order valence-corrected chi connectivity index (χ0v) is 18.0. The van der Waals surface area contributed by atoms with Gasteiger partial charge in [-0.2, -0.15) is 9.78 Å². The summed E-state index contributed by atoms with van der Waals surface area (Å²) in [5.41, 5.74) is 2.10. The number of rotatable bonds is 8. The van der Waals surface area contributed by atoms with Gasteiger partial charge in [-0.15, -0.1) is 0 Å². The van der Waals surface area contributed by atoms with E-state index < -0.39 is 5.91 Å². The van der Waals surface area contributed by atoms with Gasteiger partial charge in [-0.25, -0.2) is 0 Å². The fourth-order valence-corrected chi connectivity index (χ4v) is 3.17. The van der Waals surface area contributed by atoms with Crippen LogP contribution in [0.5, 0.6) is 17.2 Å². The van der Waals surface area contributed by atoms with Gasteiger partial charge >= 0.3 is 0 Å². The summed E-state index contributed by atoms with van der Waals surface area (Å²) in [7, 11) is 4.55. The Balaban J connectivity index is 1.79. The molecular formula is C23H25N3O5. The van der Waals surface area contributed by atoms with E-state index in [9.17, 15) is 9.59 Å². The smallest absolute Gasteiger partial charge is 0.275 e. The van der Waals surface area contributed by atoms with E-state index in [4.69, 9.17) is 14.2 Å². The molecule has 0 bridgehead atoms. The lowest BCUT2D eigenvalue weighted by Crippen LogP contribution is -2.31. The van der Waals surface area contributed by atoms with Crippen LogP contribution in [0.3, 0.4) is 0 Å². The summed E-state index contributed by atoms with van der Waals surface area (Å²) < 4.78 is 17.0. The van der Waals surface area contributed by atoms with E-state index in [0.29, 0.717) is 30.2 Å². The van der Waals surface area contributed by atoms with Crippen LogP contribution >= 0.6 is 0 Å². The van der Waals surface area contributed by atoms with Gasteiger partial charge in [0.05, 0.1) is 33.1 Å². The molecule has 2 aromatic carbocycles. The minimum absolute atomic E-state index is 0.0395. The molecule has 1 heterocycles. The van der Waals surface area contributed by atoms with Crippen molar-refractivity contribution in [2.24, 2.45) is 0 Å². The number of aryl methyl sites for hydroxylation is 1. The van der Waals surface area contributed by atoms with Gasteiger partial charge in [0.1, 0.15) is 0 Å². The number of aromatic nitrogens is 2. The average Bonchev–Trinajstić information content (AvgIpc) is 2.79. The van der Waals surface area contributed by atoms with Gasteiger partial charge in [-0.1, -0.05) is 24.3 Å². The summed E-state index contributed by atoms with van der Waals surface area (Å²) in [5.74, 6) is 0.959. The maximum Gasteiger partial charge on any atom is 0.275 e. The SMILES string of the molecule is COc1ccc(CCNC(=O)c2nn(-c3ccccc3C)c(=O)cc2OC)cc1OC. The number of benzene rings is 2. The Hall–Kier alpha value is -3.81. The third kappa shape index (κ3) is 4.85. The Bertz CT molecular complexity index is 1140. The van der Waals surface area contributed by atoms with Gasteiger partial charge in [-0.3, -0.25) is 9.59 Å². The second-order valence-corrected chi connectivity index (χ2v) is 6.79. The molecule has 0 saturated carbocycles. The number of para-hydroxylation sites is 1. The van der Waals surface area contributed by atoms with Crippen molar-refractivity contribution in [2.45, 2.75) is 13.3 Å². The highest BCUT2D eigenvalue weighted by molar-refractivity contribution is 5.94. The van der Waals surface area contributed by atoms with E-state index in [-0.39, 0.29) is 17.0 Å². The van der Waals surface area contributed by atoms with Crippen LogP contribution in [0.2, 0.25) is 0 Å². The number of hydrogen-bond acceptors (Lipinski definition) is 6. The van der Waals surface area contributed by atoms with Crippen molar-refractivity contribution in [3.05, 3.63) is 75.7 Å². The first kappa shape index (κ1) is 21.9. The van der Waals surface area contributed by atoms with Crippen molar-refractivity contribution in [3.8, 4) is 22.9 Å². The zero-order chi connectivity index (χ0) is 22.4. The normalized spacial score (nSPS) is 10.5. The third-order valence-corrected chi connectivity index (χ3v) is 4.82. The van der Waals surface area contributed by atoms with Crippen LogP contribution in [0.4, 0.5) is 0 Å². The first-order valence-electron chi connectivity index (χ1n) is 9.72. The van der Waals surface area contributed by atoms with E-state index in [1.54, 1.807) is 20.3 Å². The fraction of sp³-hybridized carbons (Fsp3) is 0.261. The van der Waals surface area contributed by atoms with Gasteiger partial charge in [0.25, 0.3) is 11.5 Å². The van der Waals surface area contributed by atoms with Crippen molar-refractivity contribution in [3.63, 3.8) is 0 Å². The van der Waals surface area contributed by atoms with Crippen LogP contribution in [0.1, 0.15) is 21.6 Å². The number of hydrogen-bond donors (Lipinski definition) is 1. The van der Waals surface area contributed by atoms with Crippen molar-refractivity contribution < 1.29 is 19.0 Å². The number of carbonyl (C=O) groups excluding carboxylic acids is 1. The summed E-state index contributed by atoms with van der Waals surface area (Å²) >= 11 is 0. The molecule has 1 aromatic heterocycles. The van der Waals surface area contributed by atoms with Crippen molar-refractivity contribution in [1.29, 1.82) is 0 Å². The highest BCUT2D eigenvalue weighted by Gasteiger charge is 2.18. The molecule has 0 aliphatic rings. The Morgan fingerprint density at radius 1 is 0.968 bits per heavy atom. The largest absolute Gasteiger partial charge is 0.494 e. The molecule has 1 amide bonds. The van der Waals surface area contributed by atoms with E-state index in [2.05, 4.69) is 10.4 Å². The van der Waals surface area contributed by atoms with Gasteiger partial charge in [0.2, 0.25) is 0 Å². The molecule has 8 heteroatoms. The molecule has 0 radical (unpaired) electrons. The molecule has 0 spiro atoms. The second kappa shape index (κ2) is 9.80. The summed E-state index contributed by atoms with van der Waals surface area (Å²) in [5, 5.41) is 7.11. The van der Waals surface area contributed by atoms with Crippen LogP contribution in [0.25, 0.3) is 5.69 Å². The molecule has 8 nitrogen and oxygen atoms in total. The molecule has 162 valence electrons. The average molecular weight is 423 g/mol. The van der Waals surface area contributed by atoms with E-state index >= 15 is 0 Å². The van der Waals surface area contributed by atoms with Crippen LogP contribution in [0.15, 0.2) is 53.3 Å². The molecule has 0 saturated heterocycles. The minimum Gasteiger partial charge on any atom is -0.494 e. The number of ether oxygens (including phenoxy) is 3. The Labute approximate surface area is 180 Å². The summed E-state index contributed by atoms with van der Waals surface area (Å²) in [6.07, 6.45) is 0.575. The minimum atomic E-state index is -0.431. The molecule has 0 fully saturated rings. The zero-order valence-electron chi connectivity index (χ0n) is 18.0. The number of carbonyl (C=O) groups is 1. The van der Waals surface area contributed by atoms with E-state index in [1.165, 1.54) is 17.9 Å². The molecular weight excluding hydrogens is 398 g/mol. The van der Waals surface area contributed by atoms with Crippen molar-refractivity contribution in [2.75, 3.05) is 27.9 Å². The summed E-state index contributed by atoms with van der Waals surface area (Å²) in [6, 6.07) is 14.2. The van der Waals surface area contributed by atoms with Crippen LogP contribution in [0, 0.1) is 6.92 Å². The summed E-state index contributed by atoms with van der Waals surface area (Å²) in [4.78, 5) is 25.3. The number of nitrogens with zero attached hydrogens (tertiary/aromatic N) is 2. The third-order valence-electron chi connectivity index (χ3n) is 4.82. The first-order chi connectivity index (χ1) is 15.0. The highest BCUT2D eigenvalue weighted by Crippen LogP contribution is 2.27. The maximum absolute atomic E-state index is 12.8. The first-order valence-corrected chi connectivity index (χ1v) is 9.72. The Morgan fingerprint density at radius 2 is 1.68 bits per heavy atom. The monoisotopic (exact) mass is 423 g/mol. The van der Waals surface area contributed by atoms with Gasteiger partial charge in [-0.05, 0) is 42.7 Å². The number of nitrogens with one attached hydrogen (secondary N) is 1. The molecule has 0 aliphatic heterocycles. The van der Waals surface area contributed by atoms with Gasteiger partial charge in [0, 0.05) is 6.54 Å². The molecule has 0 aliphatic carbocycles. The van der Waals surface area contributed by atoms with Crippen LogP contribution < -0.4 is 25.1 Å². The quantitative estimate of drug-likeness (QED) is 0.599. The lowest BCUT2D eigenvalue weighted by atomic mass is 10.1. The molecule has 0 unspecified atom stereocenters. The second-order valence-electron chi connectivity index (χ2n) is 6.79. The lowest BCUT2D eigenvalue weighted by molar-refractivity contribution is 0.0943. The lowest BCUT2D eigenvalue weighted by Gasteiger charge is -2.13. The van der Waals surface area contributed by atoms with E-state index in [0.717, 1.165) is 11.1 Å². The van der Waals surface area contributed by atoms with Crippen LogP contribution in [-0.2, 0) is 6.42 Å². The topological polar surface area (TPSA) is 91.7 Å². The van der Waals surface area contributed by atoms with Gasteiger partial charge in [0.15, 0.2) is 22.9 Å². The Kier molecular flexibility index (Phi) is 6.92. The predicted octanol–water partition coefficient (Wildman–Crippen LogP) is 2.54. The van der Waals surface area contributed by atoms with Gasteiger partial charge < -0.3 is 19.5 Å². The predicted molar refractivity (Wildman–Crippen MR) is 117 cm³/mol. The summed E-state index contributed by atoms with van der Waals surface area (Å²) in [6.45, 7) is 2.24. The molecule has 31 heavy (non-hydrogen) atoms.